The maximum absolute atomic E-state index is 11.5. The van der Waals surface area contributed by atoms with Gasteiger partial charge in [0.25, 0.3) is 0 Å². The van der Waals surface area contributed by atoms with E-state index in [0.29, 0.717) is 40.0 Å². The van der Waals surface area contributed by atoms with Crippen LogP contribution in [0.3, 0.4) is 0 Å². The molecule has 4 heterocycles. The summed E-state index contributed by atoms with van der Waals surface area (Å²) in [5.74, 6) is -0.384. The van der Waals surface area contributed by atoms with Crippen molar-refractivity contribution in [3.05, 3.63) is 52.2 Å². The molecule has 370 valence electrons. The van der Waals surface area contributed by atoms with Crippen molar-refractivity contribution in [2.75, 3.05) is 63.3 Å². The van der Waals surface area contributed by atoms with Gasteiger partial charge in [-0.15, -0.1) is 46.9 Å². The van der Waals surface area contributed by atoms with Crippen molar-refractivity contribution in [1.29, 1.82) is 0 Å². The van der Waals surface area contributed by atoms with Crippen molar-refractivity contribution in [2.24, 2.45) is 0 Å². The van der Waals surface area contributed by atoms with E-state index in [9.17, 15) is 9.59 Å². The average molecular weight is 1210 g/mol. The van der Waals surface area contributed by atoms with E-state index in [-0.39, 0.29) is 67.7 Å². The zero-order chi connectivity index (χ0) is 52.1. The van der Waals surface area contributed by atoms with E-state index in [1.807, 2.05) is 43.8 Å². The number of hydrogen-bond donors (Lipinski definition) is 1. The predicted octanol–water partition coefficient (Wildman–Crippen LogP) is 4.63. The largest absolute Gasteiger partial charge is 1.00 e. The SMILES string of the molecule is C.C.CCOC(=O)c1cnc(SC)nc1Cl.CCOC(=O)c1cnc(SC)nc1SC.CSc1ncc(CCl)c(SC)n1.CSc1ncc(CO)c(SC)n1.C[S-].O=S(Cl)Cl.[B]B([B])B([B])B([B])[B].[Na+]. The summed E-state index contributed by atoms with van der Waals surface area (Å²) in [4.78, 5) is 55.6. The summed E-state index contributed by atoms with van der Waals surface area (Å²) in [6.07, 6.45) is 19.6. The fraction of sp³-hybridized carbons (Fsp3) is 0.471. The molecule has 0 spiro atoms. The smallest absolute Gasteiger partial charge is 0.796 e. The van der Waals surface area contributed by atoms with Crippen molar-refractivity contribution in [3.8, 4) is 0 Å². The summed E-state index contributed by atoms with van der Waals surface area (Å²) in [5.41, 5.74) is 2.43. The number of halogens is 4. The summed E-state index contributed by atoms with van der Waals surface area (Å²) in [6, 6.07) is 0. The van der Waals surface area contributed by atoms with Crippen LogP contribution in [0.4, 0.5) is 0 Å². The van der Waals surface area contributed by atoms with E-state index >= 15 is 0 Å². The van der Waals surface area contributed by atoms with Crippen molar-refractivity contribution in [2.45, 2.75) is 76.9 Å². The van der Waals surface area contributed by atoms with Crippen LogP contribution in [0.2, 0.25) is 5.15 Å². The van der Waals surface area contributed by atoms with Gasteiger partial charge >= 0.3 is 41.5 Å². The summed E-state index contributed by atoms with van der Waals surface area (Å²) in [7, 11) is 33.1. The molecular weight excluding hydrogens is 1160 g/mol. The fourth-order valence-electron chi connectivity index (χ4n) is 3.50. The van der Waals surface area contributed by atoms with E-state index in [4.69, 9.17) is 80.7 Å². The standard InChI is InChI=1S/C9H12N2O2S2.C8H9ClN2O2S.C7H9ClN2S2.C7H10N2OS2.CH4S.2CH4.B8.Cl2OS.Na/c1-4-13-8(12)6-5-10-9(15-3)11-7(6)14-2;1-3-13-7(12)5-4-10-8(14-2)11-6(5)9;1-11-6-5(3-8)4-9-7(10-6)12-2;1-11-6-5(4-10)3-8-7(9-6)12-2;1-2;;;1-6(2)8(5)7(3)4;1-4(2)3;/h5H,4H2,1-3H3;4H,3H2,1-2H3;4H,3H2,1-2H3;3,10H,4H2,1-2H3;2H,1H3;2*1H4;;;/q;;;;;;;;;+1/p-1. The maximum Gasteiger partial charge on any atom is 1.00 e. The monoisotopic (exact) mass is 1210 g/mol. The fourth-order valence-corrected chi connectivity index (χ4v) is 7.23. The third kappa shape index (κ3) is 36.8. The van der Waals surface area contributed by atoms with E-state index in [0.717, 1.165) is 31.5 Å². The Bertz CT molecular complexity index is 1980. The molecule has 0 bridgehead atoms. The van der Waals surface area contributed by atoms with Gasteiger partial charge in [0.15, 0.2) is 20.6 Å². The zero-order valence-electron chi connectivity index (χ0n) is 39.0. The molecule has 10 radical (unpaired) electrons. The second-order valence-electron chi connectivity index (χ2n) is 10.8. The summed E-state index contributed by atoms with van der Waals surface area (Å²) < 4.78 is 18.8. The van der Waals surface area contributed by atoms with Gasteiger partial charge in [-0.2, -0.15) is 6.26 Å². The third-order valence-corrected chi connectivity index (χ3v) is 11.6. The number of thioether (sulfide) groups is 7. The molecule has 0 fully saturated rings. The first-order valence-corrected chi connectivity index (χ1v) is 31.3. The van der Waals surface area contributed by atoms with Crippen LogP contribution in [0, 0.1) is 0 Å². The Kier molecular flexibility index (Phi) is 61.0. The van der Waals surface area contributed by atoms with Crippen LogP contribution in [0.15, 0.2) is 60.5 Å². The first-order chi connectivity index (χ1) is 31.8. The first-order valence-electron chi connectivity index (χ1n) is 18.2. The summed E-state index contributed by atoms with van der Waals surface area (Å²) in [6.45, 7) is 4.16. The van der Waals surface area contributed by atoms with Crippen LogP contribution in [-0.4, -0.2) is 182 Å². The number of aromatic nitrogens is 8. The molecule has 0 amide bonds. The van der Waals surface area contributed by atoms with Gasteiger partial charge in [0.2, 0.25) is 9.23 Å². The number of hydrogen-bond acceptors (Lipinski definition) is 22. The molecule has 0 atom stereocenters. The van der Waals surface area contributed by atoms with Crippen LogP contribution in [0.1, 0.15) is 60.5 Å². The molecule has 4 aromatic rings. The van der Waals surface area contributed by atoms with Crippen molar-refractivity contribution in [1.82, 2.24) is 39.9 Å². The average Bonchev–Trinajstić information content (AvgIpc) is 3.34. The molecule has 0 aliphatic heterocycles. The van der Waals surface area contributed by atoms with Gasteiger partial charge in [0.05, 0.1) is 25.7 Å². The van der Waals surface area contributed by atoms with Crippen LogP contribution < -0.4 is 29.6 Å². The van der Waals surface area contributed by atoms with E-state index < -0.39 is 34.4 Å². The minimum Gasteiger partial charge on any atom is -0.796 e. The molecule has 0 aliphatic carbocycles. The van der Waals surface area contributed by atoms with Crippen LogP contribution in [-0.2, 0) is 43.8 Å². The van der Waals surface area contributed by atoms with Gasteiger partial charge < -0.3 is 27.2 Å². The van der Waals surface area contributed by atoms with E-state index in [1.54, 1.807) is 44.3 Å². The molecule has 0 unspecified atom stereocenters. The van der Waals surface area contributed by atoms with Crippen LogP contribution >= 0.6 is 127 Å². The topological polar surface area (TPSA) is 193 Å². The minimum atomic E-state index is -1.67. The Morgan fingerprint density at radius 3 is 1.24 bits per heavy atom. The first kappa shape index (κ1) is 82.2. The summed E-state index contributed by atoms with van der Waals surface area (Å²) >= 11 is 25.9. The Balaban J connectivity index is -0.000000178. The second kappa shape index (κ2) is 51.9. The number of aliphatic hydroxyl groups excluding tert-OH is 1. The Morgan fingerprint density at radius 2 is 0.943 bits per heavy atom. The quantitative estimate of drug-likeness (QED) is 0.0253. The van der Waals surface area contributed by atoms with Gasteiger partial charge in [0, 0.05) is 115 Å². The van der Waals surface area contributed by atoms with Gasteiger partial charge in [-0.25, -0.2) is 53.7 Å². The Morgan fingerprint density at radius 1 is 0.629 bits per heavy atom. The normalized spacial score (nSPS) is 9.16. The van der Waals surface area contributed by atoms with Gasteiger partial charge in [-0.1, -0.05) is 73.5 Å². The van der Waals surface area contributed by atoms with Crippen LogP contribution in [0.25, 0.3) is 0 Å². The summed E-state index contributed by atoms with van der Waals surface area (Å²) in [5, 5.41) is 14.3. The number of carbonyl (C=O) groups excluding carboxylic acids is 2. The molecule has 36 heteroatoms. The molecule has 0 aliphatic rings. The molecule has 0 saturated heterocycles. The number of esters is 2. The third-order valence-electron chi connectivity index (χ3n) is 6.56. The molecule has 4 rings (SSSR count). The molecule has 14 nitrogen and oxygen atoms in total. The zero-order valence-corrected chi connectivity index (χ0v) is 51.4. The molecular formula is C34H51B8Cl4N8NaO6S9. The van der Waals surface area contributed by atoms with Crippen molar-refractivity contribution < 1.29 is 57.9 Å². The minimum absolute atomic E-state index is 0. The number of ether oxygens (including phenoxy) is 2. The maximum atomic E-state index is 11.5. The van der Waals surface area contributed by atoms with Crippen molar-refractivity contribution in [3.63, 3.8) is 0 Å². The van der Waals surface area contributed by atoms with Gasteiger partial charge in [0.1, 0.15) is 31.4 Å². The van der Waals surface area contributed by atoms with Crippen LogP contribution in [0.5, 0.6) is 0 Å². The molecule has 70 heavy (non-hydrogen) atoms. The van der Waals surface area contributed by atoms with Gasteiger partial charge in [-0.3, -0.25) is 0 Å². The number of alkyl halides is 1. The predicted molar refractivity (Wildman–Crippen MR) is 316 cm³/mol. The molecule has 1 N–H and O–H groups in total. The van der Waals surface area contributed by atoms with Crippen molar-refractivity contribution >= 4 is 219 Å². The molecule has 0 aromatic carbocycles. The number of rotatable bonds is 15. The number of carbonyl (C=O) groups is 2. The van der Waals surface area contributed by atoms with E-state index in [1.165, 1.54) is 83.0 Å². The van der Waals surface area contributed by atoms with E-state index in [2.05, 4.69) is 73.9 Å². The van der Waals surface area contributed by atoms with Gasteiger partial charge in [-0.05, 0) is 57.6 Å². The second-order valence-corrected chi connectivity index (χ2v) is 19.4. The molecule has 0 saturated carbocycles. The number of nitrogens with zero attached hydrogens (tertiary/aromatic N) is 8. The Labute approximate surface area is 502 Å². The Hall–Kier alpha value is 0.849. The number of aliphatic hydroxyl groups is 1. The molecule has 4 aromatic heterocycles.